The fourth-order valence-corrected chi connectivity index (χ4v) is 1.01. The molecule has 0 rings (SSSR count). The minimum absolute atomic E-state index is 0.0120. The molecule has 0 fully saturated rings. The van der Waals surface area contributed by atoms with E-state index in [2.05, 4.69) is 5.32 Å². The lowest BCUT2D eigenvalue weighted by molar-refractivity contribution is -0.125. The van der Waals surface area contributed by atoms with Crippen LogP contribution in [-0.2, 0) is 4.79 Å². The van der Waals surface area contributed by atoms with Gasteiger partial charge in [0.2, 0.25) is 5.91 Å². The van der Waals surface area contributed by atoms with Crippen molar-refractivity contribution in [1.82, 2.24) is 5.32 Å². The molecule has 0 bridgehead atoms. The minimum atomic E-state index is -0.0865. The Morgan fingerprint density at radius 1 is 1.42 bits per heavy atom. The molecule has 0 spiro atoms. The van der Waals surface area contributed by atoms with Crippen LogP contribution in [-0.4, -0.2) is 25.5 Å². The van der Waals surface area contributed by atoms with Gasteiger partial charge in [-0.1, -0.05) is 13.8 Å². The van der Waals surface area contributed by atoms with Gasteiger partial charge >= 0.3 is 0 Å². The second kappa shape index (κ2) is 5.97. The molecule has 0 saturated carbocycles. The van der Waals surface area contributed by atoms with Gasteiger partial charge in [-0.2, -0.15) is 0 Å². The Bertz CT molecular complexity index is 136. The number of carbonyl (C=O) groups is 1. The lowest BCUT2D eigenvalue weighted by Gasteiger charge is -2.17. The second-order valence-corrected chi connectivity index (χ2v) is 3.17. The van der Waals surface area contributed by atoms with E-state index in [-0.39, 0.29) is 17.7 Å². The predicted octanol–water partition coefficient (Wildman–Crippen LogP) is -0.708. The zero-order chi connectivity index (χ0) is 9.56. The summed E-state index contributed by atoms with van der Waals surface area (Å²) in [5.74, 6) is 0.210. The molecule has 72 valence electrons. The van der Waals surface area contributed by atoms with Crippen molar-refractivity contribution in [3.8, 4) is 0 Å². The van der Waals surface area contributed by atoms with Crippen LogP contribution in [0, 0.1) is 11.8 Å². The second-order valence-electron chi connectivity index (χ2n) is 3.17. The van der Waals surface area contributed by atoms with Crippen molar-refractivity contribution in [2.24, 2.45) is 23.3 Å². The first-order valence-corrected chi connectivity index (χ1v) is 4.31. The maximum absolute atomic E-state index is 11.3. The molecular formula is C8H19N3O. The van der Waals surface area contributed by atoms with Crippen LogP contribution in [0.4, 0.5) is 0 Å². The summed E-state index contributed by atoms with van der Waals surface area (Å²) < 4.78 is 0. The van der Waals surface area contributed by atoms with E-state index in [1.807, 2.05) is 13.8 Å². The Kier molecular flexibility index (Phi) is 5.66. The molecule has 1 amide bonds. The van der Waals surface area contributed by atoms with Crippen molar-refractivity contribution in [3.63, 3.8) is 0 Å². The van der Waals surface area contributed by atoms with Crippen molar-refractivity contribution >= 4 is 5.91 Å². The van der Waals surface area contributed by atoms with Crippen LogP contribution in [0.3, 0.4) is 0 Å². The molecular weight excluding hydrogens is 154 g/mol. The lowest BCUT2D eigenvalue weighted by Crippen LogP contribution is -2.39. The van der Waals surface area contributed by atoms with Crippen LogP contribution in [0.1, 0.15) is 13.8 Å². The third-order valence-corrected chi connectivity index (χ3v) is 1.84. The molecule has 0 aliphatic heterocycles. The quantitative estimate of drug-likeness (QED) is 0.514. The average Bonchev–Trinajstić information content (AvgIpc) is 2.01. The smallest absolute Gasteiger partial charge is 0.224 e. The first kappa shape index (κ1) is 11.4. The maximum Gasteiger partial charge on any atom is 0.224 e. The topological polar surface area (TPSA) is 81.1 Å². The van der Waals surface area contributed by atoms with E-state index in [1.165, 1.54) is 0 Å². The Balaban J connectivity index is 3.86. The fraction of sp³-hybridized carbons (Fsp3) is 0.875. The predicted molar refractivity (Wildman–Crippen MR) is 49.4 cm³/mol. The Morgan fingerprint density at radius 3 is 2.33 bits per heavy atom. The molecule has 12 heavy (non-hydrogen) atoms. The zero-order valence-corrected chi connectivity index (χ0v) is 7.84. The molecule has 4 nitrogen and oxygen atoms in total. The first-order chi connectivity index (χ1) is 5.63. The SMILES string of the molecule is CC(C)C(CN)C(=O)NCCN. The molecule has 0 aromatic rings. The summed E-state index contributed by atoms with van der Waals surface area (Å²) in [5, 5.41) is 2.72. The van der Waals surface area contributed by atoms with Gasteiger partial charge in [-0.25, -0.2) is 0 Å². The van der Waals surface area contributed by atoms with E-state index in [4.69, 9.17) is 11.5 Å². The van der Waals surface area contributed by atoms with E-state index in [0.717, 1.165) is 0 Å². The number of amides is 1. The molecule has 0 heterocycles. The van der Waals surface area contributed by atoms with Crippen molar-refractivity contribution in [2.45, 2.75) is 13.8 Å². The van der Waals surface area contributed by atoms with Crippen molar-refractivity contribution in [2.75, 3.05) is 19.6 Å². The number of hydrogen-bond donors (Lipinski definition) is 3. The summed E-state index contributed by atoms with van der Waals surface area (Å²) in [7, 11) is 0. The fourth-order valence-electron chi connectivity index (χ4n) is 1.01. The van der Waals surface area contributed by atoms with Crippen LogP contribution in [0.25, 0.3) is 0 Å². The highest BCUT2D eigenvalue weighted by Gasteiger charge is 2.19. The van der Waals surface area contributed by atoms with E-state index in [9.17, 15) is 4.79 Å². The molecule has 5 N–H and O–H groups in total. The van der Waals surface area contributed by atoms with E-state index in [1.54, 1.807) is 0 Å². The Morgan fingerprint density at radius 2 is 2.00 bits per heavy atom. The van der Waals surface area contributed by atoms with Crippen molar-refractivity contribution in [3.05, 3.63) is 0 Å². The van der Waals surface area contributed by atoms with Gasteiger partial charge in [0.05, 0.1) is 5.92 Å². The van der Waals surface area contributed by atoms with Crippen molar-refractivity contribution < 1.29 is 4.79 Å². The van der Waals surface area contributed by atoms with E-state index < -0.39 is 0 Å². The summed E-state index contributed by atoms with van der Waals surface area (Å²) in [6.07, 6.45) is 0. The molecule has 1 unspecified atom stereocenters. The first-order valence-electron chi connectivity index (χ1n) is 4.31. The minimum Gasteiger partial charge on any atom is -0.355 e. The number of rotatable bonds is 5. The number of carbonyl (C=O) groups excluding carboxylic acids is 1. The van der Waals surface area contributed by atoms with E-state index in [0.29, 0.717) is 19.6 Å². The highest BCUT2D eigenvalue weighted by Crippen LogP contribution is 2.08. The Labute approximate surface area is 73.7 Å². The summed E-state index contributed by atoms with van der Waals surface area (Å²) in [5.41, 5.74) is 10.7. The van der Waals surface area contributed by atoms with Gasteiger partial charge in [-0.15, -0.1) is 0 Å². The molecule has 0 aromatic heterocycles. The van der Waals surface area contributed by atoms with Gasteiger partial charge in [0, 0.05) is 19.6 Å². The van der Waals surface area contributed by atoms with Crippen LogP contribution >= 0.6 is 0 Å². The largest absolute Gasteiger partial charge is 0.355 e. The van der Waals surface area contributed by atoms with Gasteiger partial charge in [-0.3, -0.25) is 4.79 Å². The number of nitrogens with two attached hydrogens (primary N) is 2. The average molecular weight is 173 g/mol. The molecule has 4 heteroatoms. The standard InChI is InChI=1S/C8H19N3O/c1-6(2)7(5-10)8(12)11-4-3-9/h6-7H,3-5,9-10H2,1-2H3,(H,11,12). The molecule has 0 aliphatic carbocycles. The molecule has 0 aromatic carbocycles. The Hall–Kier alpha value is -0.610. The highest BCUT2D eigenvalue weighted by molar-refractivity contribution is 5.79. The monoisotopic (exact) mass is 173 g/mol. The van der Waals surface area contributed by atoms with Gasteiger partial charge in [0.15, 0.2) is 0 Å². The number of hydrogen-bond acceptors (Lipinski definition) is 3. The number of nitrogens with one attached hydrogen (secondary N) is 1. The molecule has 0 saturated heterocycles. The summed E-state index contributed by atoms with van der Waals surface area (Å²) >= 11 is 0. The zero-order valence-electron chi connectivity index (χ0n) is 7.84. The lowest BCUT2D eigenvalue weighted by atomic mass is 9.95. The normalized spacial score (nSPS) is 13.1. The third-order valence-electron chi connectivity index (χ3n) is 1.84. The van der Waals surface area contributed by atoms with Crippen LogP contribution in [0.15, 0.2) is 0 Å². The maximum atomic E-state index is 11.3. The van der Waals surface area contributed by atoms with Gasteiger partial charge in [0.25, 0.3) is 0 Å². The van der Waals surface area contributed by atoms with Crippen LogP contribution in [0.2, 0.25) is 0 Å². The highest BCUT2D eigenvalue weighted by atomic mass is 16.1. The molecule has 1 atom stereocenters. The van der Waals surface area contributed by atoms with Gasteiger partial charge in [-0.05, 0) is 5.92 Å². The summed E-state index contributed by atoms with van der Waals surface area (Å²) in [6.45, 7) is 5.37. The summed E-state index contributed by atoms with van der Waals surface area (Å²) in [6, 6.07) is 0. The third kappa shape index (κ3) is 3.69. The van der Waals surface area contributed by atoms with Gasteiger partial charge in [0.1, 0.15) is 0 Å². The van der Waals surface area contributed by atoms with Crippen LogP contribution < -0.4 is 16.8 Å². The van der Waals surface area contributed by atoms with Crippen molar-refractivity contribution in [1.29, 1.82) is 0 Å². The molecule has 0 aliphatic rings. The molecule has 0 radical (unpaired) electrons. The van der Waals surface area contributed by atoms with Crippen LogP contribution in [0.5, 0.6) is 0 Å². The van der Waals surface area contributed by atoms with Gasteiger partial charge < -0.3 is 16.8 Å². The summed E-state index contributed by atoms with van der Waals surface area (Å²) in [4.78, 5) is 11.3. The van der Waals surface area contributed by atoms with E-state index >= 15 is 0 Å².